The van der Waals surface area contributed by atoms with Crippen molar-refractivity contribution in [3.63, 3.8) is 0 Å². The summed E-state index contributed by atoms with van der Waals surface area (Å²) in [5, 5.41) is 4.11. The fraction of sp³-hybridized carbons (Fsp3) is 0.526. The Morgan fingerprint density at radius 3 is 2.48 bits per heavy atom. The predicted octanol–water partition coefficient (Wildman–Crippen LogP) is 5.54. The Bertz CT molecular complexity index is 495. The van der Waals surface area contributed by atoms with Crippen molar-refractivity contribution in [3.8, 4) is 0 Å². The van der Waals surface area contributed by atoms with E-state index in [4.69, 9.17) is 4.84 Å². The molecule has 21 heavy (non-hydrogen) atoms. The first-order valence-electron chi connectivity index (χ1n) is 8.41. The molecule has 0 amide bonds. The molecule has 2 aliphatic carbocycles. The molecular formula is C19H25NO. The van der Waals surface area contributed by atoms with Crippen LogP contribution in [0, 0.1) is 0 Å². The summed E-state index contributed by atoms with van der Waals surface area (Å²) in [6.45, 7) is 0. The molecule has 0 aliphatic heterocycles. The summed E-state index contributed by atoms with van der Waals surface area (Å²) in [5.41, 5.74) is 2.61. The molecule has 0 heterocycles. The minimum Gasteiger partial charge on any atom is -0.362 e. The molecule has 1 aromatic carbocycles. The molecule has 1 fully saturated rings. The van der Waals surface area contributed by atoms with Gasteiger partial charge in [0.05, 0.1) is 6.21 Å². The van der Waals surface area contributed by atoms with Crippen LogP contribution in [0.25, 0.3) is 0 Å². The standard InChI is InChI=1S/C19H25NO/c1-3-7-17(8-4-1)18-13-11-16(12-14-18)15-20-21-19-9-5-2-6-10-19/h9,11-15,17H,1-8,10H2. The van der Waals surface area contributed by atoms with E-state index in [1.54, 1.807) is 0 Å². The number of allylic oxidation sites excluding steroid dienone is 2. The zero-order valence-corrected chi connectivity index (χ0v) is 12.8. The van der Waals surface area contributed by atoms with Crippen molar-refractivity contribution in [2.45, 2.75) is 63.7 Å². The van der Waals surface area contributed by atoms with Gasteiger partial charge in [-0.05, 0) is 55.2 Å². The molecule has 0 unspecified atom stereocenters. The van der Waals surface area contributed by atoms with E-state index in [1.807, 2.05) is 6.21 Å². The van der Waals surface area contributed by atoms with Crippen LogP contribution in [0.1, 0.15) is 74.8 Å². The first-order valence-corrected chi connectivity index (χ1v) is 8.41. The van der Waals surface area contributed by atoms with Crippen LogP contribution in [0.2, 0.25) is 0 Å². The van der Waals surface area contributed by atoms with Crippen molar-refractivity contribution in [2.24, 2.45) is 5.16 Å². The highest BCUT2D eigenvalue weighted by Gasteiger charge is 2.14. The molecule has 0 atom stereocenters. The minimum absolute atomic E-state index is 0.772. The Labute approximate surface area is 127 Å². The van der Waals surface area contributed by atoms with E-state index in [0.717, 1.165) is 30.1 Å². The normalized spacial score (nSPS) is 20.5. The van der Waals surface area contributed by atoms with Gasteiger partial charge in [0.15, 0.2) is 0 Å². The van der Waals surface area contributed by atoms with Crippen LogP contribution in [0.3, 0.4) is 0 Å². The molecule has 0 radical (unpaired) electrons. The zero-order valence-electron chi connectivity index (χ0n) is 12.8. The smallest absolute Gasteiger partial charge is 0.131 e. The molecule has 2 aliphatic rings. The van der Waals surface area contributed by atoms with Crippen molar-refractivity contribution < 1.29 is 4.84 Å². The van der Waals surface area contributed by atoms with Gasteiger partial charge in [0.2, 0.25) is 0 Å². The Balaban J connectivity index is 1.55. The van der Waals surface area contributed by atoms with Crippen molar-refractivity contribution in [1.82, 2.24) is 0 Å². The Morgan fingerprint density at radius 1 is 0.952 bits per heavy atom. The van der Waals surface area contributed by atoms with Crippen LogP contribution in [0.4, 0.5) is 0 Å². The third kappa shape index (κ3) is 4.20. The average Bonchev–Trinajstić information content (AvgIpc) is 2.57. The fourth-order valence-corrected chi connectivity index (χ4v) is 3.34. The number of hydrogen-bond acceptors (Lipinski definition) is 2. The lowest BCUT2D eigenvalue weighted by molar-refractivity contribution is 0.210. The molecule has 2 nitrogen and oxygen atoms in total. The second kappa shape index (κ2) is 7.44. The first kappa shape index (κ1) is 14.4. The van der Waals surface area contributed by atoms with E-state index in [-0.39, 0.29) is 0 Å². The SMILES string of the molecule is C(=NOC1=CCCCC1)c1ccc(C2CCCCC2)cc1. The summed E-state index contributed by atoms with van der Waals surface area (Å²) in [6.07, 6.45) is 15.5. The molecule has 0 spiro atoms. The Kier molecular flexibility index (Phi) is 5.09. The lowest BCUT2D eigenvalue weighted by Crippen LogP contribution is -2.04. The third-order valence-corrected chi connectivity index (χ3v) is 4.63. The maximum absolute atomic E-state index is 5.46. The minimum atomic E-state index is 0.772. The van der Waals surface area contributed by atoms with Gasteiger partial charge in [0.25, 0.3) is 0 Å². The van der Waals surface area contributed by atoms with Gasteiger partial charge in [0, 0.05) is 6.42 Å². The van der Waals surface area contributed by atoms with Gasteiger partial charge in [-0.25, -0.2) is 0 Å². The maximum atomic E-state index is 5.46. The van der Waals surface area contributed by atoms with Crippen LogP contribution in [0.5, 0.6) is 0 Å². The monoisotopic (exact) mass is 283 g/mol. The summed E-state index contributed by atoms with van der Waals surface area (Å²) in [6, 6.07) is 8.84. The topological polar surface area (TPSA) is 21.6 Å². The molecule has 0 aromatic heterocycles. The van der Waals surface area contributed by atoms with Crippen molar-refractivity contribution >= 4 is 6.21 Å². The van der Waals surface area contributed by atoms with Crippen LogP contribution in [0.15, 0.2) is 41.3 Å². The number of nitrogens with zero attached hydrogens (tertiary/aromatic N) is 1. The molecule has 112 valence electrons. The Morgan fingerprint density at radius 2 is 1.76 bits per heavy atom. The summed E-state index contributed by atoms with van der Waals surface area (Å²) < 4.78 is 0. The molecule has 1 aromatic rings. The highest BCUT2D eigenvalue weighted by Crippen LogP contribution is 2.32. The first-order chi connectivity index (χ1) is 10.4. The van der Waals surface area contributed by atoms with Crippen molar-refractivity contribution in [3.05, 3.63) is 47.2 Å². The number of oxime groups is 1. The molecule has 3 rings (SSSR count). The fourth-order valence-electron chi connectivity index (χ4n) is 3.34. The molecule has 2 heteroatoms. The second-order valence-corrected chi connectivity index (χ2v) is 6.24. The van der Waals surface area contributed by atoms with Gasteiger partial charge in [0.1, 0.15) is 5.76 Å². The molecule has 0 saturated heterocycles. The van der Waals surface area contributed by atoms with Crippen LogP contribution >= 0.6 is 0 Å². The van der Waals surface area contributed by atoms with E-state index in [0.29, 0.717) is 0 Å². The van der Waals surface area contributed by atoms with Crippen molar-refractivity contribution in [2.75, 3.05) is 0 Å². The molecular weight excluding hydrogens is 258 g/mol. The van der Waals surface area contributed by atoms with E-state index in [2.05, 4.69) is 35.5 Å². The van der Waals surface area contributed by atoms with Crippen LogP contribution in [-0.4, -0.2) is 6.21 Å². The summed E-state index contributed by atoms with van der Waals surface area (Å²) in [7, 11) is 0. The van der Waals surface area contributed by atoms with E-state index in [1.165, 1.54) is 50.5 Å². The zero-order chi connectivity index (χ0) is 14.3. The lowest BCUT2D eigenvalue weighted by atomic mass is 9.84. The van der Waals surface area contributed by atoms with Crippen LogP contribution in [-0.2, 0) is 4.84 Å². The number of hydrogen-bond donors (Lipinski definition) is 0. The van der Waals surface area contributed by atoms with Gasteiger partial charge >= 0.3 is 0 Å². The molecule has 1 saturated carbocycles. The van der Waals surface area contributed by atoms with Gasteiger partial charge in [-0.3, -0.25) is 0 Å². The van der Waals surface area contributed by atoms with Crippen molar-refractivity contribution in [1.29, 1.82) is 0 Å². The highest BCUT2D eigenvalue weighted by molar-refractivity contribution is 5.79. The number of rotatable bonds is 4. The van der Waals surface area contributed by atoms with E-state index >= 15 is 0 Å². The van der Waals surface area contributed by atoms with Gasteiger partial charge < -0.3 is 4.84 Å². The predicted molar refractivity (Wildman–Crippen MR) is 87.5 cm³/mol. The van der Waals surface area contributed by atoms with Crippen LogP contribution < -0.4 is 0 Å². The maximum Gasteiger partial charge on any atom is 0.131 e. The number of benzene rings is 1. The van der Waals surface area contributed by atoms with Gasteiger partial charge in [-0.15, -0.1) is 0 Å². The largest absolute Gasteiger partial charge is 0.362 e. The average molecular weight is 283 g/mol. The summed E-state index contributed by atoms with van der Waals surface area (Å²) in [5.74, 6) is 1.80. The summed E-state index contributed by atoms with van der Waals surface area (Å²) >= 11 is 0. The second-order valence-electron chi connectivity index (χ2n) is 6.24. The van der Waals surface area contributed by atoms with Gasteiger partial charge in [-0.1, -0.05) is 48.7 Å². The van der Waals surface area contributed by atoms with E-state index in [9.17, 15) is 0 Å². The third-order valence-electron chi connectivity index (χ3n) is 4.63. The van der Waals surface area contributed by atoms with Gasteiger partial charge in [-0.2, -0.15) is 0 Å². The van der Waals surface area contributed by atoms with E-state index < -0.39 is 0 Å². The summed E-state index contributed by atoms with van der Waals surface area (Å²) in [4.78, 5) is 5.46. The highest BCUT2D eigenvalue weighted by atomic mass is 16.6. The molecule has 0 N–H and O–H groups in total. The molecule has 0 bridgehead atoms. The lowest BCUT2D eigenvalue weighted by Gasteiger charge is -2.21. The quantitative estimate of drug-likeness (QED) is 0.525. The Hall–Kier alpha value is -1.57.